The number of para-hydroxylation sites is 1. The summed E-state index contributed by atoms with van der Waals surface area (Å²) in [5, 5.41) is 6.23. The van der Waals surface area contributed by atoms with Crippen LogP contribution in [0.5, 0.6) is 0 Å². The zero-order valence-electron chi connectivity index (χ0n) is 16.6. The van der Waals surface area contributed by atoms with E-state index in [9.17, 15) is 13.2 Å². The number of nitrogens with one attached hydrogen (secondary N) is 2. The van der Waals surface area contributed by atoms with Gasteiger partial charge in [0.1, 0.15) is 0 Å². The fourth-order valence-electron chi connectivity index (χ4n) is 3.31. The number of nitrogens with zero attached hydrogens (tertiary/aromatic N) is 1. The molecule has 1 amide bonds. The first-order valence-corrected chi connectivity index (χ1v) is 10.8. The number of anilines is 2. The Balaban J connectivity index is 1.80. The van der Waals surface area contributed by atoms with E-state index < -0.39 is 10.0 Å². The molecule has 152 valence electrons. The summed E-state index contributed by atoms with van der Waals surface area (Å²) in [4.78, 5) is 13.0. The molecule has 1 aliphatic rings. The van der Waals surface area contributed by atoms with Crippen LogP contribution in [0.3, 0.4) is 0 Å². The second kappa shape index (κ2) is 7.78. The van der Waals surface area contributed by atoms with Crippen molar-refractivity contribution in [3.63, 3.8) is 0 Å². The third-order valence-corrected chi connectivity index (χ3v) is 6.72. The first-order chi connectivity index (χ1) is 14.4. The van der Waals surface area contributed by atoms with Gasteiger partial charge in [0.2, 0.25) is 10.0 Å². The quantitative estimate of drug-likeness (QED) is 0.616. The summed E-state index contributed by atoms with van der Waals surface area (Å²) in [6, 6.07) is 23.6. The van der Waals surface area contributed by atoms with Gasteiger partial charge in [0.05, 0.1) is 16.2 Å². The average Bonchev–Trinajstić information content (AvgIpc) is 3.08. The molecular formula is C23H21N3O3S. The molecule has 0 aromatic heterocycles. The van der Waals surface area contributed by atoms with Crippen LogP contribution in [0.25, 0.3) is 11.3 Å². The molecule has 0 fully saturated rings. The predicted octanol–water partition coefficient (Wildman–Crippen LogP) is 3.87. The molecule has 30 heavy (non-hydrogen) atoms. The predicted molar refractivity (Wildman–Crippen MR) is 119 cm³/mol. The van der Waals surface area contributed by atoms with Gasteiger partial charge in [-0.1, -0.05) is 48.5 Å². The molecule has 7 heteroatoms. The van der Waals surface area contributed by atoms with Gasteiger partial charge in [-0.05, 0) is 35.9 Å². The van der Waals surface area contributed by atoms with Gasteiger partial charge < -0.3 is 10.6 Å². The second-order valence-electron chi connectivity index (χ2n) is 7.05. The highest BCUT2D eigenvalue weighted by atomic mass is 32.2. The van der Waals surface area contributed by atoms with Crippen LogP contribution < -0.4 is 10.6 Å². The number of benzene rings is 3. The summed E-state index contributed by atoms with van der Waals surface area (Å²) >= 11 is 0. The van der Waals surface area contributed by atoms with Gasteiger partial charge in [-0.15, -0.1) is 0 Å². The van der Waals surface area contributed by atoms with Crippen molar-refractivity contribution in [3.05, 3.63) is 90.0 Å². The largest absolute Gasteiger partial charge is 0.354 e. The molecule has 3 aromatic rings. The number of hydrogen-bond donors (Lipinski definition) is 2. The maximum absolute atomic E-state index is 12.8. The highest BCUT2D eigenvalue weighted by Crippen LogP contribution is 2.37. The van der Waals surface area contributed by atoms with E-state index >= 15 is 0 Å². The van der Waals surface area contributed by atoms with Gasteiger partial charge in [-0.2, -0.15) is 0 Å². The molecule has 4 rings (SSSR count). The van der Waals surface area contributed by atoms with E-state index in [1.54, 1.807) is 24.3 Å². The standard InChI is InChI=1S/C23H21N3O3S/c1-26(2)30(28,29)18-14-12-17(13-15-18)24-22(16-8-4-3-5-9-16)21-19-10-6-7-11-20(19)25-23(21)27/h3-15,24H,1-2H3,(H,25,27)/b22-21-. The Morgan fingerprint density at radius 2 is 1.50 bits per heavy atom. The number of hydrogen-bond acceptors (Lipinski definition) is 4. The summed E-state index contributed by atoms with van der Waals surface area (Å²) in [6.45, 7) is 0. The molecule has 1 aliphatic heterocycles. The first kappa shape index (κ1) is 19.9. The molecule has 0 saturated carbocycles. The Morgan fingerprint density at radius 3 is 2.17 bits per heavy atom. The number of fused-ring (bicyclic) bond motifs is 1. The van der Waals surface area contributed by atoms with Gasteiger partial charge in [-0.25, -0.2) is 12.7 Å². The minimum atomic E-state index is -3.51. The van der Waals surface area contributed by atoms with Crippen molar-refractivity contribution >= 4 is 38.6 Å². The van der Waals surface area contributed by atoms with Gasteiger partial charge in [0, 0.05) is 31.0 Å². The van der Waals surface area contributed by atoms with E-state index in [1.165, 1.54) is 18.4 Å². The molecule has 2 N–H and O–H groups in total. The minimum absolute atomic E-state index is 0.186. The van der Waals surface area contributed by atoms with Crippen molar-refractivity contribution in [1.82, 2.24) is 4.31 Å². The molecule has 0 atom stereocenters. The van der Waals surface area contributed by atoms with Gasteiger partial charge in [-0.3, -0.25) is 4.79 Å². The van der Waals surface area contributed by atoms with E-state index in [0.717, 1.165) is 16.8 Å². The Labute approximate surface area is 175 Å². The molecule has 3 aromatic carbocycles. The topological polar surface area (TPSA) is 78.5 Å². The van der Waals surface area contributed by atoms with Crippen molar-refractivity contribution in [2.24, 2.45) is 0 Å². The van der Waals surface area contributed by atoms with E-state index in [4.69, 9.17) is 0 Å². The van der Waals surface area contributed by atoms with Crippen LogP contribution in [-0.2, 0) is 14.8 Å². The van der Waals surface area contributed by atoms with Gasteiger partial charge in [0.25, 0.3) is 5.91 Å². The van der Waals surface area contributed by atoms with Crippen molar-refractivity contribution < 1.29 is 13.2 Å². The lowest BCUT2D eigenvalue weighted by molar-refractivity contribution is -0.110. The molecule has 0 spiro atoms. The zero-order chi connectivity index (χ0) is 21.3. The fourth-order valence-corrected chi connectivity index (χ4v) is 4.22. The average molecular weight is 420 g/mol. The summed E-state index contributed by atoms with van der Waals surface area (Å²) in [7, 11) is -0.518. The van der Waals surface area contributed by atoms with E-state index in [-0.39, 0.29) is 10.8 Å². The van der Waals surface area contributed by atoms with Crippen molar-refractivity contribution in [1.29, 1.82) is 0 Å². The zero-order valence-corrected chi connectivity index (χ0v) is 17.4. The summed E-state index contributed by atoms with van der Waals surface area (Å²) in [6.07, 6.45) is 0. The highest BCUT2D eigenvalue weighted by molar-refractivity contribution is 7.89. The van der Waals surface area contributed by atoms with E-state index in [1.807, 2.05) is 54.6 Å². The Morgan fingerprint density at radius 1 is 0.867 bits per heavy atom. The van der Waals surface area contributed by atoms with E-state index in [0.29, 0.717) is 17.0 Å². The van der Waals surface area contributed by atoms with Crippen molar-refractivity contribution in [2.75, 3.05) is 24.7 Å². The molecule has 1 heterocycles. The van der Waals surface area contributed by atoms with Crippen LogP contribution in [0.15, 0.2) is 83.8 Å². The first-order valence-electron chi connectivity index (χ1n) is 9.38. The summed E-state index contributed by atoms with van der Waals surface area (Å²) in [5.74, 6) is -0.186. The lowest BCUT2D eigenvalue weighted by Gasteiger charge is -2.16. The number of sulfonamides is 1. The SMILES string of the molecule is CN(C)S(=O)(=O)c1ccc(N/C(=C2\C(=O)Nc3ccccc32)c2ccccc2)cc1. The number of carbonyl (C=O) groups excluding carboxylic acids is 1. The van der Waals surface area contributed by atoms with Crippen molar-refractivity contribution in [3.8, 4) is 0 Å². The lowest BCUT2D eigenvalue weighted by atomic mass is 10.00. The summed E-state index contributed by atoms with van der Waals surface area (Å²) < 4.78 is 25.8. The molecular weight excluding hydrogens is 398 g/mol. The highest BCUT2D eigenvalue weighted by Gasteiger charge is 2.28. The molecule has 0 radical (unpaired) electrons. The van der Waals surface area contributed by atoms with Crippen molar-refractivity contribution in [2.45, 2.75) is 4.90 Å². The van der Waals surface area contributed by atoms with Gasteiger partial charge >= 0.3 is 0 Å². The second-order valence-corrected chi connectivity index (χ2v) is 9.20. The van der Waals surface area contributed by atoms with Crippen LogP contribution >= 0.6 is 0 Å². The van der Waals surface area contributed by atoms with E-state index in [2.05, 4.69) is 10.6 Å². The lowest BCUT2D eigenvalue weighted by Crippen LogP contribution is -2.22. The molecule has 0 unspecified atom stereocenters. The van der Waals surface area contributed by atoms with Crippen LogP contribution in [0, 0.1) is 0 Å². The number of carbonyl (C=O) groups is 1. The Bertz CT molecular complexity index is 1230. The number of rotatable bonds is 5. The molecule has 0 bridgehead atoms. The monoisotopic (exact) mass is 419 g/mol. The fraction of sp³-hybridized carbons (Fsp3) is 0.0870. The molecule has 0 saturated heterocycles. The maximum atomic E-state index is 12.8. The normalized spacial score (nSPS) is 15.0. The maximum Gasteiger partial charge on any atom is 0.258 e. The van der Waals surface area contributed by atoms with Crippen LogP contribution in [0.4, 0.5) is 11.4 Å². The van der Waals surface area contributed by atoms with Crippen LogP contribution in [0.1, 0.15) is 11.1 Å². The Hall–Kier alpha value is -3.42. The van der Waals surface area contributed by atoms with Gasteiger partial charge in [0.15, 0.2) is 0 Å². The molecule has 6 nitrogen and oxygen atoms in total. The third-order valence-electron chi connectivity index (χ3n) is 4.89. The Kier molecular flexibility index (Phi) is 5.15. The van der Waals surface area contributed by atoms with Crippen LogP contribution in [-0.4, -0.2) is 32.7 Å². The minimum Gasteiger partial charge on any atom is -0.354 e. The number of amides is 1. The molecule has 0 aliphatic carbocycles. The smallest absolute Gasteiger partial charge is 0.258 e. The summed E-state index contributed by atoms with van der Waals surface area (Å²) in [5.41, 5.74) is 4.31. The third kappa shape index (κ3) is 3.60. The van der Waals surface area contributed by atoms with Crippen LogP contribution in [0.2, 0.25) is 0 Å².